The molecule has 0 N–H and O–H groups in total. The molecule has 5 heteroatoms. The third-order valence-corrected chi connectivity index (χ3v) is 2.97. The molecule has 0 saturated carbocycles. The number of hydrogen-bond donors (Lipinski definition) is 0. The summed E-state index contributed by atoms with van der Waals surface area (Å²) in [5, 5.41) is 0. The number of methoxy groups -OCH3 is 1. The second-order valence-corrected chi connectivity index (χ2v) is 4.15. The minimum atomic E-state index is -0.692. The normalized spacial score (nSPS) is 11.9. The zero-order chi connectivity index (χ0) is 15.1. The molecule has 1 aromatic rings. The molecule has 0 spiro atoms. The number of hydrogen-bond acceptors (Lipinski definition) is 4. The van der Waals surface area contributed by atoms with E-state index in [9.17, 15) is 14.4 Å². The Hall–Kier alpha value is -2.43. The first-order valence-corrected chi connectivity index (χ1v) is 6.01. The fraction of sp³-hybridized carbons (Fsp3) is 0.267. The van der Waals surface area contributed by atoms with Crippen LogP contribution in [0.1, 0.15) is 22.8 Å². The molecule has 20 heavy (non-hydrogen) atoms. The van der Waals surface area contributed by atoms with Crippen LogP contribution in [0.4, 0.5) is 0 Å². The first-order chi connectivity index (χ1) is 9.52. The van der Waals surface area contributed by atoms with Gasteiger partial charge in [0.25, 0.3) is 5.91 Å². The molecule has 0 aliphatic heterocycles. The highest BCUT2D eigenvalue weighted by molar-refractivity contribution is 6.00. The zero-order valence-electron chi connectivity index (χ0n) is 11.6. The number of esters is 1. The Labute approximate surface area is 117 Å². The molecule has 0 bridgehead atoms. The van der Waals surface area contributed by atoms with Gasteiger partial charge < -0.3 is 9.64 Å². The number of rotatable bonds is 5. The monoisotopic (exact) mass is 274 g/mol. The van der Waals surface area contributed by atoms with E-state index in [-0.39, 0.29) is 5.91 Å². The fourth-order valence-electron chi connectivity index (χ4n) is 1.66. The van der Waals surface area contributed by atoms with Crippen molar-refractivity contribution in [1.29, 1.82) is 0 Å². The predicted octanol–water partition coefficient (Wildman–Crippen LogP) is 1.44. The van der Waals surface area contributed by atoms with Gasteiger partial charge in [-0.1, -0.05) is 24.3 Å². The van der Waals surface area contributed by atoms with E-state index < -0.39 is 12.0 Å². The highest BCUT2D eigenvalue weighted by Crippen LogP contribution is 2.14. The van der Waals surface area contributed by atoms with Crippen molar-refractivity contribution >= 4 is 24.2 Å². The van der Waals surface area contributed by atoms with E-state index in [0.29, 0.717) is 11.1 Å². The number of carbonyl (C=O) groups excluding carboxylic acids is 3. The molecule has 1 amide bonds. The smallest absolute Gasteiger partial charge is 0.328 e. The van der Waals surface area contributed by atoms with Crippen molar-refractivity contribution in [3.8, 4) is 0 Å². The molecule has 0 aliphatic carbocycles. The summed E-state index contributed by atoms with van der Waals surface area (Å²) >= 11 is 0. The summed E-state index contributed by atoms with van der Waals surface area (Å²) in [4.78, 5) is 35.4. The van der Waals surface area contributed by atoms with E-state index in [1.165, 1.54) is 31.2 Å². The number of ether oxygens (including phenoxy) is 1. The molecule has 1 unspecified atom stereocenters. The Bertz CT molecular complexity index is 536. The molecule has 105 valence electrons. The second kappa shape index (κ2) is 7.23. The molecule has 0 fully saturated rings. The largest absolute Gasteiger partial charge is 0.467 e. The van der Waals surface area contributed by atoms with Gasteiger partial charge in [0, 0.05) is 12.6 Å². The Morgan fingerprint density at radius 1 is 1.35 bits per heavy atom. The summed E-state index contributed by atoms with van der Waals surface area (Å²) in [6.45, 7) is 1.58. The van der Waals surface area contributed by atoms with E-state index in [0.717, 1.165) is 0 Å². The molecule has 1 rings (SSSR count). The van der Waals surface area contributed by atoms with Crippen LogP contribution in [0, 0.1) is 0 Å². The Morgan fingerprint density at radius 2 is 2.00 bits per heavy atom. The Kier molecular flexibility index (Phi) is 5.65. The van der Waals surface area contributed by atoms with Crippen molar-refractivity contribution in [2.75, 3.05) is 14.2 Å². The SMILES string of the molecule is COC(=O)C(C)N(C)C(=O)c1ccccc1/C=C/[C]=O. The standard InChI is InChI=1S/C15H16NO4/c1-11(15(19)20-3)16(2)14(18)13-9-5-4-7-12(13)8-6-10-17/h4-9,11H,1-3H3/b8-6+. The maximum Gasteiger partial charge on any atom is 0.328 e. The van der Waals surface area contributed by atoms with Crippen LogP contribution >= 0.6 is 0 Å². The maximum absolute atomic E-state index is 12.4. The summed E-state index contributed by atoms with van der Waals surface area (Å²) in [6, 6.07) is 6.11. The maximum atomic E-state index is 12.4. The minimum absolute atomic E-state index is 0.325. The first-order valence-electron chi connectivity index (χ1n) is 6.01. The highest BCUT2D eigenvalue weighted by Gasteiger charge is 2.24. The fourth-order valence-corrected chi connectivity index (χ4v) is 1.66. The third kappa shape index (κ3) is 3.54. The lowest BCUT2D eigenvalue weighted by Crippen LogP contribution is -2.41. The number of amides is 1. The van der Waals surface area contributed by atoms with Crippen molar-refractivity contribution in [1.82, 2.24) is 4.90 Å². The van der Waals surface area contributed by atoms with Crippen molar-refractivity contribution < 1.29 is 19.1 Å². The zero-order valence-corrected chi connectivity index (χ0v) is 11.6. The van der Waals surface area contributed by atoms with Crippen LogP contribution in [0.2, 0.25) is 0 Å². The molecule has 0 aromatic heterocycles. The predicted molar refractivity (Wildman–Crippen MR) is 74.7 cm³/mol. The molecule has 0 heterocycles. The topological polar surface area (TPSA) is 63.7 Å². The van der Waals surface area contributed by atoms with Crippen LogP contribution in [0.3, 0.4) is 0 Å². The first kappa shape index (κ1) is 15.6. The molecule has 5 nitrogen and oxygen atoms in total. The van der Waals surface area contributed by atoms with Crippen molar-refractivity contribution in [2.24, 2.45) is 0 Å². The van der Waals surface area contributed by atoms with Gasteiger partial charge in [-0.2, -0.15) is 0 Å². The molecule has 0 aliphatic rings. The van der Waals surface area contributed by atoms with Crippen molar-refractivity contribution in [2.45, 2.75) is 13.0 Å². The number of benzene rings is 1. The molecule has 1 atom stereocenters. The minimum Gasteiger partial charge on any atom is -0.467 e. The summed E-state index contributed by atoms with van der Waals surface area (Å²) in [6.07, 6.45) is 4.32. The molecule has 0 saturated heterocycles. The van der Waals surface area contributed by atoms with Gasteiger partial charge in [-0.25, -0.2) is 4.79 Å². The number of likely N-dealkylation sites (N-methyl/N-ethyl adjacent to an activating group) is 1. The van der Waals surface area contributed by atoms with Gasteiger partial charge in [0.1, 0.15) is 6.04 Å². The van der Waals surface area contributed by atoms with E-state index in [2.05, 4.69) is 4.74 Å². The van der Waals surface area contributed by atoms with Gasteiger partial charge >= 0.3 is 5.97 Å². The van der Waals surface area contributed by atoms with Gasteiger partial charge in [0.2, 0.25) is 6.29 Å². The quantitative estimate of drug-likeness (QED) is 0.602. The van der Waals surface area contributed by atoms with E-state index in [1.807, 2.05) is 0 Å². The average molecular weight is 274 g/mol. The van der Waals surface area contributed by atoms with E-state index in [1.54, 1.807) is 37.5 Å². The second-order valence-electron chi connectivity index (χ2n) is 4.15. The van der Waals surface area contributed by atoms with E-state index in [4.69, 9.17) is 0 Å². The van der Waals surface area contributed by atoms with Gasteiger partial charge in [-0.15, -0.1) is 0 Å². The average Bonchev–Trinajstić information content (AvgIpc) is 2.50. The number of allylic oxidation sites excluding steroid dienone is 1. The molecular weight excluding hydrogens is 258 g/mol. The van der Waals surface area contributed by atoms with Crippen LogP contribution < -0.4 is 0 Å². The van der Waals surface area contributed by atoms with Gasteiger partial charge in [-0.05, 0) is 24.6 Å². The number of nitrogens with zero attached hydrogens (tertiary/aromatic N) is 1. The van der Waals surface area contributed by atoms with Crippen LogP contribution in [0.15, 0.2) is 30.3 Å². The lowest BCUT2D eigenvalue weighted by Gasteiger charge is -2.23. The van der Waals surface area contributed by atoms with Crippen molar-refractivity contribution in [3.63, 3.8) is 0 Å². The summed E-state index contributed by atoms with van der Waals surface area (Å²) in [7, 11) is 2.80. The van der Waals surface area contributed by atoms with Crippen LogP contribution in [-0.2, 0) is 14.3 Å². The third-order valence-electron chi connectivity index (χ3n) is 2.97. The van der Waals surface area contributed by atoms with Gasteiger partial charge in [0.05, 0.1) is 7.11 Å². The van der Waals surface area contributed by atoms with Crippen LogP contribution in [0.5, 0.6) is 0 Å². The van der Waals surface area contributed by atoms with E-state index >= 15 is 0 Å². The number of carbonyl (C=O) groups is 2. The Balaban J connectivity index is 3.05. The lowest BCUT2D eigenvalue weighted by atomic mass is 10.1. The van der Waals surface area contributed by atoms with Crippen LogP contribution in [0.25, 0.3) is 6.08 Å². The molecule has 1 aromatic carbocycles. The summed E-state index contributed by atoms with van der Waals surface area (Å²) < 4.78 is 4.62. The lowest BCUT2D eigenvalue weighted by molar-refractivity contribution is -0.144. The Morgan fingerprint density at radius 3 is 2.60 bits per heavy atom. The molecule has 1 radical (unpaired) electrons. The van der Waals surface area contributed by atoms with Gasteiger partial charge in [0.15, 0.2) is 0 Å². The van der Waals surface area contributed by atoms with Crippen LogP contribution in [-0.4, -0.2) is 43.3 Å². The summed E-state index contributed by atoms with van der Waals surface area (Å²) in [5.41, 5.74) is 0.988. The summed E-state index contributed by atoms with van der Waals surface area (Å²) in [5.74, 6) is -0.816. The van der Waals surface area contributed by atoms with Gasteiger partial charge in [-0.3, -0.25) is 9.59 Å². The van der Waals surface area contributed by atoms with Crippen molar-refractivity contribution in [3.05, 3.63) is 41.5 Å². The molecular formula is C15H16NO4. The highest BCUT2D eigenvalue weighted by atomic mass is 16.5.